The van der Waals surface area contributed by atoms with Gasteiger partial charge in [0.05, 0.1) is 22.8 Å². The van der Waals surface area contributed by atoms with Gasteiger partial charge in [-0.25, -0.2) is 22.7 Å². The average Bonchev–Trinajstić information content (AvgIpc) is 1.59. The number of nitrogens with zero attached hydrogens (tertiary/aromatic N) is 8. The van der Waals surface area contributed by atoms with Crippen LogP contribution in [0.15, 0.2) is 298 Å². The van der Waals surface area contributed by atoms with Gasteiger partial charge in [-0.05, 0) is 213 Å². The summed E-state index contributed by atoms with van der Waals surface area (Å²) in [6.45, 7) is 31.3. The molecular weight excluding hydrogens is 1450 g/mol. The maximum absolute atomic E-state index is 13.4. The standard InChI is InChI=1S/2C28H27N2.C27H24FN2.C27H25N2/c2*1-18-8-10-20(11-9-18)21-12-14-30(5)26(16-21)23-17-25-24(15-19(23)2)22-7-6-13-29-27(22)28(25,3)4;1-17-14-23-21-6-5-12-29-26(21)27(2,3)24(23)16-22(17)25-15-19(11-13-30(25)4)18-7-9-20(28)10-8-18;1-18-15-23-21-11-8-13-28-26(21)27(2,3)24(23)17-22(18)25-16-20(12-14-29(25)4)19-9-6-5-7-10-19/h2*6-17H,1-5H3;5-16H,1-4H3;5-17H,1-4H3/q4*+1. The first-order valence-electron chi connectivity index (χ1n) is 41.4. The van der Waals surface area contributed by atoms with Gasteiger partial charge in [0.1, 0.15) is 34.0 Å². The Morgan fingerprint density at radius 3 is 0.714 bits per heavy atom. The number of pyridine rings is 8. The van der Waals surface area contributed by atoms with E-state index in [0.717, 1.165) is 22.5 Å². The van der Waals surface area contributed by atoms with Crippen LogP contribution in [0.5, 0.6) is 0 Å². The Kier molecular flexibility index (Phi) is 20.0. The molecule has 119 heavy (non-hydrogen) atoms. The lowest BCUT2D eigenvalue weighted by Crippen LogP contribution is -2.30. The molecular formula is C110H103FN8+4. The van der Waals surface area contributed by atoms with Gasteiger partial charge < -0.3 is 0 Å². The molecule has 586 valence electrons. The summed E-state index contributed by atoms with van der Waals surface area (Å²) in [6.07, 6.45) is 16.2. The van der Waals surface area contributed by atoms with Crippen molar-refractivity contribution in [2.24, 2.45) is 28.2 Å². The van der Waals surface area contributed by atoms with Crippen LogP contribution in [0, 0.1) is 47.4 Å². The first kappa shape index (κ1) is 78.4. The molecule has 0 amide bonds. The Balaban J connectivity index is 0.000000113. The molecule has 0 unspecified atom stereocenters. The van der Waals surface area contributed by atoms with E-state index in [1.54, 1.807) is 0 Å². The predicted octanol–water partition coefficient (Wildman–Crippen LogP) is 24.2. The zero-order chi connectivity index (χ0) is 83.3. The zero-order valence-electron chi connectivity index (χ0n) is 71.7. The Hall–Kier alpha value is -13.1. The van der Waals surface area contributed by atoms with Crippen molar-refractivity contribution in [3.05, 3.63) is 383 Å². The van der Waals surface area contributed by atoms with Gasteiger partial charge in [-0.1, -0.05) is 206 Å². The number of rotatable bonds is 8. The molecule has 0 saturated heterocycles. The van der Waals surface area contributed by atoms with Crippen LogP contribution in [0.1, 0.15) is 134 Å². The van der Waals surface area contributed by atoms with Gasteiger partial charge >= 0.3 is 0 Å². The SMILES string of the molecule is Cc1cc2c(cc1-c1cc(-c3ccc(F)cc3)cc[n+]1C)C(C)(C)c1ncccc1-2.Cc1cc2c(cc1-c1cc(-c3ccccc3)cc[n+]1C)C(C)(C)c1ncccc1-2.Cc1ccc(-c2cc[n+](C)c(-c3cc4c(cc3C)-c3cccnc3C4(C)C)c2)cc1.Cc1ccc(-c2cc[n+](C)c(-c3cc4c(cc3C)-c3cccnc3C4(C)C)c2)cc1. The molecule has 4 aliphatic carbocycles. The van der Waals surface area contributed by atoms with E-state index in [4.69, 9.17) is 19.9 Å². The highest BCUT2D eigenvalue weighted by atomic mass is 19.1. The highest BCUT2D eigenvalue weighted by molar-refractivity contribution is 5.88. The molecule has 20 rings (SSSR count). The summed E-state index contributed by atoms with van der Waals surface area (Å²) in [7, 11) is 8.45. The van der Waals surface area contributed by atoms with Crippen molar-refractivity contribution in [1.82, 2.24) is 19.9 Å². The third-order valence-electron chi connectivity index (χ3n) is 25.7. The molecule has 0 radical (unpaired) electrons. The van der Waals surface area contributed by atoms with Crippen LogP contribution in [-0.2, 0) is 49.9 Å². The van der Waals surface area contributed by atoms with E-state index in [9.17, 15) is 4.39 Å². The molecule has 8 aromatic carbocycles. The summed E-state index contributed by atoms with van der Waals surface area (Å²) in [5.74, 6) is -0.217. The number of hydrogen-bond donors (Lipinski definition) is 0. The minimum absolute atomic E-state index is 0.0933. The summed E-state index contributed by atoms with van der Waals surface area (Å²) >= 11 is 0. The maximum atomic E-state index is 13.4. The van der Waals surface area contributed by atoms with Crippen molar-refractivity contribution in [2.45, 2.75) is 119 Å². The third kappa shape index (κ3) is 14.1. The fourth-order valence-corrected chi connectivity index (χ4v) is 18.7. The van der Waals surface area contributed by atoms with E-state index in [0.29, 0.717) is 0 Å². The van der Waals surface area contributed by atoms with E-state index >= 15 is 0 Å². The minimum atomic E-state index is -0.217. The van der Waals surface area contributed by atoms with Crippen LogP contribution in [0.3, 0.4) is 0 Å². The van der Waals surface area contributed by atoms with Crippen molar-refractivity contribution in [3.63, 3.8) is 0 Å². The first-order valence-corrected chi connectivity index (χ1v) is 41.4. The average molecular weight is 1560 g/mol. The van der Waals surface area contributed by atoms with Gasteiger partial charge in [-0.2, -0.15) is 0 Å². The van der Waals surface area contributed by atoms with Crippen molar-refractivity contribution < 1.29 is 22.7 Å². The summed E-state index contributed by atoms with van der Waals surface area (Å²) in [4.78, 5) is 18.9. The molecule has 0 aliphatic heterocycles. The number of hydrogen-bond acceptors (Lipinski definition) is 4. The highest BCUT2D eigenvalue weighted by Crippen LogP contribution is 2.54. The Morgan fingerprint density at radius 2 is 0.462 bits per heavy atom. The number of aromatic nitrogens is 8. The summed E-state index contributed by atoms with van der Waals surface area (Å²) in [6, 6.07) is 88.3. The van der Waals surface area contributed by atoms with Crippen LogP contribution >= 0.6 is 0 Å². The summed E-state index contributed by atoms with van der Waals surface area (Å²) in [5, 5.41) is 0. The van der Waals surface area contributed by atoms with Gasteiger partial charge in [0.2, 0.25) is 22.8 Å². The molecule has 0 saturated carbocycles. The quantitative estimate of drug-likeness (QED) is 0.142. The van der Waals surface area contributed by atoms with E-state index in [1.807, 2.05) is 61.2 Å². The molecule has 0 N–H and O–H groups in total. The molecule has 16 aromatic rings. The zero-order valence-corrected chi connectivity index (χ0v) is 71.7. The molecule has 4 aliphatic rings. The number of halogens is 1. The lowest BCUT2D eigenvalue weighted by Gasteiger charge is -2.21. The monoisotopic (exact) mass is 1550 g/mol. The van der Waals surface area contributed by atoms with E-state index in [2.05, 4.69) is 368 Å². The van der Waals surface area contributed by atoms with E-state index in [-0.39, 0.29) is 27.5 Å². The normalized spacial score (nSPS) is 13.8. The fraction of sp³-hybridized carbons (Fsp3) is 0.200. The maximum Gasteiger partial charge on any atom is 0.213 e. The van der Waals surface area contributed by atoms with E-state index in [1.165, 1.54) is 202 Å². The van der Waals surface area contributed by atoms with E-state index < -0.39 is 0 Å². The second kappa shape index (κ2) is 30.4. The molecule has 0 spiro atoms. The lowest BCUT2D eigenvalue weighted by molar-refractivity contribution is -0.660. The Labute approximate surface area is 701 Å². The fourth-order valence-electron chi connectivity index (χ4n) is 18.7. The minimum Gasteiger partial charge on any atom is -0.260 e. The summed E-state index contributed by atoms with van der Waals surface area (Å²) < 4.78 is 22.2. The molecule has 0 atom stereocenters. The highest BCUT2D eigenvalue weighted by Gasteiger charge is 2.42. The summed E-state index contributed by atoms with van der Waals surface area (Å²) in [5.41, 5.74) is 47.0. The number of aryl methyl sites for hydroxylation is 10. The second-order valence-electron chi connectivity index (χ2n) is 35.2. The Morgan fingerprint density at radius 1 is 0.227 bits per heavy atom. The van der Waals surface area contributed by atoms with Crippen LogP contribution in [0.25, 0.3) is 134 Å². The van der Waals surface area contributed by atoms with Gasteiger partial charge in [0.25, 0.3) is 0 Å². The smallest absolute Gasteiger partial charge is 0.213 e. The van der Waals surface area contributed by atoms with Crippen LogP contribution in [0.4, 0.5) is 4.39 Å². The molecule has 9 heteroatoms. The van der Waals surface area contributed by atoms with Gasteiger partial charge in [-0.3, -0.25) is 19.9 Å². The lowest BCUT2D eigenvalue weighted by atomic mass is 9.83. The Bertz CT molecular complexity index is 6220. The van der Waals surface area contributed by atoms with Crippen molar-refractivity contribution in [1.29, 1.82) is 0 Å². The molecule has 0 bridgehead atoms. The third-order valence-corrected chi connectivity index (χ3v) is 25.7. The largest absolute Gasteiger partial charge is 0.260 e. The molecule has 8 nitrogen and oxygen atoms in total. The number of fused-ring (bicyclic) bond motifs is 12. The predicted molar refractivity (Wildman–Crippen MR) is 484 cm³/mol. The van der Waals surface area contributed by atoms with Gasteiger partial charge in [0.15, 0.2) is 24.8 Å². The van der Waals surface area contributed by atoms with Crippen LogP contribution < -0.4 is 18.3 Å². The van der Waals surface area contributed by atoms with Crippen LogP contribution in [0.2, 0.25) is 0 Å². The molecule has 0 fully saturated rings. The van der Waals surface area contributed by atoms with Crippen molar-refractivity contribution >= 4 is 0 Å². The molecule has 8 aromatic heterocycles. The van der Waals surface area contributed by atoms with Gasteiger partial charge in [0, 0.05) is 139 Å². The van der Waals surface area contributed by atoms with Crippen molar-refractivity contribution in [3.8, 4) is 134 Å². The topological polar surface area (TPSA) is 67.1 Å². The second-order valence-corrected chi connectivity index (χ2v) is 35.2. The van der Waals surface area contributed by atoms with Gasteiger partial charge in [-0.15, -0.1) is 0 Å². The van der Waals surface area contributed by atoms with Crippen molar-refractivity contribution in [2.75, 3.05) is 0 Å². The first-order chi connectivity index (χ1) is 57.0. The van der Waals surface area contributed by atoms with Crippen LogP contribution in [-0.4, -0.2) is 19.9 Å². The number of benzene rings is 8. The molecule has 8 heterocycles.